The molecule has 0 spiro atoms. The van der Waals surface area contributed by atoms with E-state index in [2.05, 4.69) is 34.6 Å². The standard InChI is InChI=1S/C14H18N2OS/c1-17-10-9-15-8-7-13-14(16-11-18-13)12-5-3-2-4-6-12/h2-6,11,15H,7-10H2,1H3. The summed E-state index contributed by atoms with van der Waals surface area (Å²) in [5.74, 6) is 0. The highest BCUT2D eigenvalue weighted by Gasteiger charge is 2.07. The average molecular weight is 262 g/mol. The Morgan fingerprint density at radius 2 is 2.06 bits per heavy atom. The number of rotatable bonds is 7. The van der Waals surface area contributed by atoms with E-state index in [1.54, 1.807) is 18.4 Å². The molecule has 2 aromatic rings. The largest absolute Gasteiger partial charge is 0.383 e. The molecule has 0 bridgehead atoms. The number of benzene rings is 1. The zero-order valence-corrected chi connectivity index (χ0v) is 11.4. The summed E-state index contributed by atoms with van der Waals surface area (Å²) in [5.41, 5.74) is 4.24. The second-order valence-corrected chi connectivity index (χ2v) is 4.92. The van der Waals surface area contributed by atoms with Crippen LogP contribution in [0.2, 0.25) is 0 Å². The molecule has 1 aromatic heterocycles. The highest BCUT2D eigenvalue weighted by atomic mass is 32.1. The number of ether oxygens (including phenoxy) is 1. The van der Waals surface area contributed by atoms with Crippen molar-refractivity contribution in [2.24, 2.45) is 0 Å². The van der Waals surface area contributed by atoms with Crippen LogP contribution in [0.4, 0.5) is 0 Å². The molecule has 0 fully saturated rings. The van der Waals surface area contributed by atoms with Gasteiger partial charge in [-0.25, -0.2) is 4.98 Å². The summed E-state index contributed by atoms with van der Waals surface area (Å²) in [6, 6.07) is 10.3. The Hall–Kier alpha value is -1.23. The van der Waals surface area contributed by atoms with E-state index >= 15 is 0 Å². The Morgan fingerprint density at radius 1 is 1.22 bits per heavy atom. The van der Waals surface area contributed by atoms with Crippen molar-refractivity contribution in [3.8, 4) is 11.3 Å². The second-order valence-electron chi connectivity index (χ2n) is 3.98. The summed E-state index contributed by atoms with van der Waals surface area (Å²) >= 11 is 1.73. The van der Waals surface area contributed by atoms with Gasteiger partial charge in [-0.2, -0.15) is 0 Å². The molecule has 2 rings (SSSR count). The van der Waals surface area contributed by atoms with Crippen LogP contribution < -0.4 is 5.32 Å². The predicted molar refractivity (Wildman–Crippen MR) is 76.0 cm³/mol. The van der Waals surface area contributed by atoms with Gasteiger partial charge in [-0.3, -0.25) is 0 Å². The van der Waals surface area contributed by atoms with Crippen LogP contribution in [0.1, 0.15) is 4.88 Å². The van der Waals surface area contributed by atoms with Crippen molar-refractivity contribution in [3.63, 3.8) is 0 Å². The molecular weight excluding hydrogens is 244 g/mol. The predicted octanol–water partition coefficient (Wildman–Crippen LogP) is 2.59. The summed E-state index contributed by atoms with van der Waals surface area (Å²) in [4.78, 5) is 5.81. The molecule has 0 aliphatic heterocycles. The van der Waals surface area contributed by atoms with Gasteiger partial charge < -0.3 is 10.1 Å². The lowest BCUT2D eigenvalue weighted by molar-refractivity contribution is 0.199. The fourth-order valence-corrected chi connectivity index (χ4v) is 2.57. The van der Waals surface area contributed by atoms with E-state index in [0.717, 1.165) is 31.8 Å². The smallest absolute Gasteiger partial charge is 0.0843 e. The van der Waals surface area contributed by atoms with Crippen molar-refractivity contribution in [2.45, 2.75) is 6.42 Å². The van der Waals surface area contributed by atoms with Crippen LogP contribution in [0.25, 0.3) is 11.3 Å². The molecule has 1 heterocycles. The van der Waals surface area contributed by atoms with Gasteiger partial charge in [-0.05, 0) is 6.42 Å². The number of nitrogens with one attached hydrogen (secondary N) is 1. The van der Waals surface area contributed by atoms with Crippen molar-refractivity contribution in [1.82, 2.24) is 10.3 Å². The van der Waals surface area contributed by atoms with Crippen LogP contribution in [0, 0.1) is 0 Å². The maximum atomic E-state index is 5.00. The minimum absolute atomic E-state index is 0.758. The fraction of sp³-hybridized carbons (Fsp3) is 0.357. The van der Waals surface area contributed by atoms with Crippen molar-refractivity contribution in [2.75, 3.05) is 26.8 Å². The molecule has 0 aliphatic rings. The van der Waals surface area contributed by atoms with Gasteiger partial charge in [0, 0.05) is 30.6 Å². The molecule has 96 valence electrons. The first-order chi connectivity index (χ1) is 8.92. The fourth-order valence-electron chi connectivity index (χ4n) is 1.78. The van der Waals surface area contributed by atoms with E-state index in [4.69, 9.17) is 4.74 Å². The number of hydrogen-bond donors (Lipinski definition) is 1. The van der Waals surface area contributed by atoms with Crippen molar-refractivity contribution in [1.29, 1.82) is 0 Å². The van der Waals surface area contributed by atoms with Crippen LogP contribution in [-0.4, -0.2) is 31.8 Å². The van der Waals surface area contributed by atoms with Gasteiger partial charge in [0.2, 0.25) is 0 Å². The minimum atomic E-state index is 0.758. The Balaban J connectivity index is 1.92. The molecule has 1 aromatic carbocycles. The number of nitrogens with zero attached hydrogens (tertiary/aromatic N) is 1. The summed E-state index contributed by atoms with van der Waals surface area (Å²) in [7, 11) is 1.72. The second kappa shape index (κ2) is 7.26. The Kier molecular flexibility index (Phi) is 5.33. The van der Waals surface area contributed by atoms with E-state index in [1.165, 1.54) is 10.4 Å². The maximum absolute atomic E-state index is 5.00. The monoisotopic (exact) mass is 262 g/mol. The van der Waals surface area contributed by atoms with E-state index in [1.807, 2.05) is 11.6 Å². The molecule has 18 heavy (non-hydrogen) atoms. The molecule has 0 unspecified atom stereocenters. The quantitative estimate of drug-likeness (QED) is 0.779. The third-order valence-electron chi connectivity index (χ3n) is 2.70. The average Bonchev–Trinajstić information content (AvgIpc) is 2.88. The third-order valence-corrected chi connectivity index (χ3v) is 3.59. The van der Waals surface area contributed by atoms with Gasteiger partial charge in [0.25, 0.3) is 0 Å². The Labute approximate surface area is 112 Å². The lowest BCUT2D eigenvalue weighted by Crippen LogP contribution is -2.21. The first-order valence-electron chi connectivity index (χ1n) is 6.09. The Morgan fingerprint density at radius 3 is 2.83 bits per heavy atom. The topological polar surface area (TPSA) is 34.1 Å². The van der Waals surface area contributed by atoms with E-state index in [0.29, 0.717) is 0 Å². The summed E-state index contributed by atoms with van der Waals surface area (Å²) in [6.07, 6.45) is 1.01. The SMILES string of the molecule is COCCNCCc1scnc1-c1ccccc1. The minimum Gasteiger partial charge on any atom is -0.383 e. The molecule has 4 heteroatoms. The van der Waals surface area contributed by atoms with Gasteiger partial charge in [0.15, 0.2) is 0 Å². The Bertz CT molecular complexity index is 456. The normalized spacial score (nSPS) is 10.7. The van der Waals surface area contributed by atoms with E-state index in [-0.39, 0.29) is 0 Å². The molecule has 0 atom stereocenters. The van der Waals surface area contributed by atoms with Gasteiger partial charge in [-0.1, -0.05) is 30.3 Å². The lowest BCUT2D eigenvalue weighted by atomic mass is 10.1. The van der Waals surface area contributed by atoms with Gasteiger partial charge in [-0.15, -0.1) is 11.3 Å². The zero-order valence-electron chi connectivity index (χ0n) is 10.6. The van der Waals surface area contributed by atoms with Crippen molar-refractivity contribution in [3.05, 3.63) is 40.7 Å². The molecule has 0 saturated carbocycles. The van der Waals surface area contributed by atoms with Gasteiger partial charge in [0.05, 0.1) is 17.8 Å². The molecular formula is C14H18N2OS. The van der Waals surface area contributed by atoms with Crippen LogP contribution >= 0.6 is 11.3 Å². The molecule has 0 amide bonds. The number of hydrogen-bond acceptors (Lipinski definition) is 4. The van der Waals surface area contributed by atoms with Crippen molar-refractivity contribution < 1.29 is 4.74 Å². The maximum Gasteiger partial charge on any atom is 0.0843 e. The summed E-state index contributed by atoms with van der Waals surface area (Å²) < 4.78 is 5.00. The molecule has 1 N–H and O–H groups in total. The lowest BCUT2D eigenvalue weighted by Gasteiger charge is -2.04. The molecule has 0 aliphatic carbocycles. The zero-order chi connectivity index (χ0) is 12.6. The van der Waals surface area contributed by atoms with Crippen LogP contribution in [0.3, 0.4) is 0 Å². The first kappa shape index (κ1) is 13.2. The summed E-state index contributed by atoms with van der Waals surface area (Å²) in [5, 5.41) is 3.36. The van der Waals surface area contributed by atoms with Gasteiger partial charge in [0.1, 0.15) is 0 Å². The number of thiazole rings is 1. The van der Waals surface area contributed by atoms with Crippen LogP contribution in [-0.2, 0) is 11.2 Å². The first-order valence-corrected chi connectivity index (χ1v) is 6.97. The van der Waals surface area contributed by atoms with Crippen LogP contribution in [0.5, 0.6) is 0 Å². The molecule has 3 nitrogen and oxygen atoms in total. The number of aromatic nitrogens is 1. The van der Waals surface area contributed by atoms with E-state index in [9.17, 15) is 0 Å². The van der Waals surface area contributed by atoms with Crippen LogP contribution in [0.15, 0.2) is 35.8 Å². The molecule has 0 radical (unpaired) electrons. The highest BCUT2D eigenvalue weighted by molar-refractivity contribution is 7.10. The van der Waals surface area contributed by atoms with Crippen molar-refractivity contribution >= 4 is 11.3 Å². The molecule has 0 saturated heterocycles. The van der Waals surface area contributed by atoms with E-state index < -0.39 is 0 Å². The summed E-state index contributed by atoms with van der Waals surface area (Å²) in [6.45, 7) is 2.62. The third kappa shape index (κ3) is 3.63. The number of methoxy groups -OCH3 is 1. The highest BCUT2D eigenvalue weighted by Crippen LogP contribution is 2.25. The van der Waals surface area contributed by atoms with Gasteiger partial charge >= 0.3 is 0 Å².